The maximum Gasteiger partial charge on any atom is 0.360 e. The number of nitrogens with two attached hydrogens (primary N) is 1. The molecule has 0 atom stereocenters. The van der Waals surface area contributed by atoms with Crippen molar-refractivity contribution in [3.05, 3.63) is 11.5 Å². The molecule has 2 N–H and O–H groups in total. The Morgan fingerprint density at radius 2 is 2.05 bits per heavy atom. The minimum absolute atomic E-state index is 0.241. The van der Waals surface area contributed by atoms with Gasteiger partial charge in [0.05, 0.1) is 6.61 Å². The van der Waals surface area contributed by atoms with Crippen LogP contribution in [0.1, 0.15) is 42.5 Å². The van der Waals surface area contributed by atoms with Gasteiger partial charge in [-0.15, -0.1) is 0 Å². The van der Waals surface area contributed by atoms with Crippen LogP contribution in [0, 0.1) is 6.92 Å². The van der Waals surface area contributed by atoms with Crippen molar-refractivity contribution < 1.29 is 9.53 Å². The van der Waals surface area contributed by atoms with Crippen molar-refractivity contribution in [2.75, 3.05) is 32.0 Å². The van der Waals surface area contributed by atoms with Crippen molar-refractivity contribution in [3.8, 4) is 0 Å². The molecule has 1 fully saturated rings. The zero-order chi connectivity index (χ0) is 14.5. The fourth-order valence-electron chi connectivity index (χ4n) is 2.67. The highest BCUT2D eigenvalue weighted by Gasteiger charge is 2.19. The van der Waals surface area contributed by atoms with E-state index in [2.05, 4.69) is 9.88 Å². The van der Waals surface area contributed by atoms with Gasteiger partial charge in [-0.1, -0.05) is 0 Å². The summed E-state index contributed by atoms with van der Waals surface area (Å²) in [6.07, 6.45) is 3.63. The molecular weight excluding hydrogens is 256 g/mol. The van der Waals surface area contributed by atoms with E-state index in [9.17, 15) is 4.79 Å². The lowest BCUT2D eigenvalue weighted by Crippen LogP contribution is -2.22. The first-order valence-electron chi connectivity index (χ1n) is 7.35. The van der Waals surface area contributed by atoms with Crippen molar-refractivity contribution >= 4 is 11.8 Å². The first-order valence-corrected chi connectivity index (χ1v) is 7.35. The fourth-order valence-corrected chi connectivity index (χ4v) is 2.67. The molecule has 6 heteroatoms. The van der Waals surface area contributed by atoms with Crippen LogP contribution in [0.15, 0.2) is 0 Å². The first kappa shape index (κ1) is 14.8. The molecule has 6 nitrogen and oxygen atoms in total. The molecule has 0 saturated carbocycles. The van der Waals surface area contributed by atoms with Crippen LogP contribution < -0.4 is 5.73 Å². The normalized spacial score (nSPS) is 15.7. The summed E-state index contributed by atoms with van der Waals surface area (Å²) in [5.41, 5.74) is 6.26. The molecule has 1 aromatic rings. The summed E-state index contributed by atoms with van der Waals surface area (Å²) in [6, 6.07) is 0. The molecule has 1 saturated heterocycles. The number of aromatic nitrogens is 2. The average molecular weight is 280 g/mol. The molecule has 1 aromatic heterocycles. The number of carbonyl (C=O) groups is 1. The van der Waals surface area contributed by atoms with Crippen LogP contribution in [0.25, 0.3) is 0 Å². The van der Waals surface area contributed by atoms with Crippen LogP contribution in [0.5, 0.6) is 0 Å². The maximum absolute atomic E-state index is 11.7. The molecule has 0 aromatic carbocycles. The van der Waals surface area contributed by atoms with Gasteiger partial charge in [0.25, 0.3) is 0 Å². The zero-order valence-electron chi connectivity index (χ0n) is 12.4. The van der Waals surface area contributed by atoms with Crippen molar-refractivity contribution in [2.45, 2.75) is 39.7 Å². The number of carbonyl (C=O) groups excluding carboxylic acids is 1. The molecule has 112 valence electrons. The van der Waals surface area contributed by atoms with Crippen LogP contribution in [0.4, 0.5) is 5.82 Å². The van der Waals surface area contributed by atoms with Crippen LogP contribution in [0.2, 0.25) is 0 Å². The summed E-state index contributed by atoms with van der Waals surface area (Å²) in [7, 11) is 0. The molecule has 20 heavy (non-hydrogen) atoms. The van der Waals surface area contributed by atoms with Crippen LogP contribution in [-0.4, -0.2) is 46.7 Å². The van der Waals surface area contributed by atoms with Gasteiger partial charge in [0.1, 0.15) is 11.6 Å². The summed E-state index contributed by atoms with van der Waals surface area (Å²) >= 11 is 0. The number of hydrogen-bond donors (Lipinski definition) is 1. The quantitative estimate of drug-likeness (QED) is 0.798. The molecule has 2 rings (SSSR count). The second-order valence-corrected chi connectivity index (χ2v) is 5.17. The number of hydrogen-bond acceptors (Lipinski definition) is 5. The summed E-state index contributed by atoms with van der Waals surface area (Å²) in [4.78, 5) is 18.4. The summed E-state index contributed by atoms with van der Waals surface area (Å²) < 4.78 is 6.86. The van der Waals surface area contributed by atoms with E-state index in [4.69, 9.17) is 10.5 Å². The van der Waals surface area contributed by atoms with Gasteiger partial charge >= 0.3 is 5.97 Å². The van der Waals surface area contributed by atoms with Gasteiger partial charge in [0, 0.05) is 6.54 Å². The Kier molecular flexibility index (Phi) is 5.00. The standard InChI is InChI=1S/C14H24N4O2/c1-3-20-14(19)12-13(15)18(11(2)16-12)10-6-9-17-7-4-5-8-17/h3-10,15H2,1-2H3. The first-order chi connectivity index (χ1) is 9.63. The number of nitrogens with zero attached hydrogens (tertiary/aromatic N) is 3. The molecule has 0 aliphatic carbocycles. The van der Waals surface area contributed by atoms with E-state index in [1.807, 2.05) is 11.5 Å². The number of rotatable bonds is 6. The van der Waals surface area contributed by atoms with Crippen LogP contribution >= 0.6 is 0 Å². The highest BCUT2D eigenvalue weighted by molar-refractivity contribution is 5.92. The molecule has 1 aliphatic rings. The summed E-state index contributed by atoms with van der Waals surface area (Å²) in [5.74, 6) is 0.751. The van der Waals surface area contributed by atoms with E-state index >= 15 is 0 Å². The SMILES string of the molecule is CCOC(=O)c1nc(C)n(CCCN2CCCC2)c1N. The van der Waals surface area contributed by atoms with Gasteiger partial charge in [-0.05, 0) is 52.7 Å². The third kappa shape index (κ3) is 3.30. The Bertz CT molecular complexity index is 464. The Balaban J connectivity index is 1.95. The van der Waals surface area contributed by atoms with Crippen LogP contribution in [0.3, 0.4) is 0 Å². The van der Waals surface area contributed by atoms with Gasteiger partial charge in [-0.2, -0.15) is 0 Å². The van der Waals surface area contributed by atoms with Crippen LogP contribution in [-0.2, 0) is 11.3 Å². The van der Waals surface area contributed by atoms with Gasteiger partial charge in [0.15, 0.2) is 5.69 Å². The molecule has 0 amide bonds. The molecule has 1 aliphatic heterocycles. The zero-order valence-corrected chi connectivity index (χ0v) is 12.4. The number of anilines is 1. The van der Waals surface area contributed by atoms with Gasteiger partial charge < -0.3 is 19.9 Å². The third-order valence-corrected chi connectivity index (χ3v) is 3.72. The number of likely N-dealkylation sites (tertiary alicyclic amines) is 1. The second kappa shape index (κ2) is 6.74. The maximum atomic E-state index is 11.7. The summed E-state index contributed by atoms with van der Waals surface area (Å²) in [5, 5.41) is 0. The van der Waals surface area contributed by atoms with Crippen molar-refractivity contribution in [1.82, 2.24) is 14.5 Å². The second-order valence-electron chi connectivity index (χ2n) is 5.17. The molecule has 0 spiro atoms. The Morgan fingerprint density at radius 1 is 1.35 bits per heavy atom. The van der Waals surface area contributed by atoms with E-state index in [-0.39, 0.29) is 5.69 Å². The monoisotopic (exact) mass is 280 g/mol. The van der Waals surface area contributed by atoms with Gasteiger partial charge in [-0.3, -0.25) is 0 Å². The number of imidazole rings is 1. The minimum atomic E-state index is -0.439. The van der Waals surface area contributed by atoms with E-state index in [1.54, 1.807) is 6.92 Å². The fraction of sp³-hybridized carbons (Fsp3) is 0.714. The Labute approximate surface area is 119 Å². The highest BCUT2D eigenvalue weighted by Crippen LogP contribution is 2.16. The van der Waals surface area contributed by atoms with E-state index in [0.717, 1.165) is 25.3 Å². The van der Waals surface area contributed by atoms with Gasteiger partial charge in [-0.25, -0.2) is 9.78 Å². The predicted molar refractivity (Wildman–Crippen MR) is 77.6 cm³/mol. The molecule has 0 unspecified atom stereocenters. The predicted octanol–water partition coefficient (Wildman–Crippen LogP) is 1.44. The highest BCUT2D eigenvalue weighted by atomic mass is 16.5. The van der Waals surface area contributed by atoms with Gasteiger partial charge in [0.2, 0.25) is 0 Å². The molecule has 0 bridgehead atoms. The number of nitrogen functional groups attached to an aromatic ring is 1. The smallest absolute Gasteiger partial charge is 0.360 e. The minimum Gasteiger partial charge on any atom is -0.461 e. The lowest BCUT2D eigenvalue weighted by atomic mass is 10.3. The van der Waals surface area contributed by atoms with E-state index in [1.165, 1.54) is 25.9 Å². The topological polar surface area (TPSA) is 73.4 Å². The number of aryl methyl sites for hydroxylation is 1. The largest absolute Gasteiger partial charge is 0.461 e. The van der Waals surface area contributed by atoms with Crippen molar-refractivity contribution in [1.29, 1.82) is 0 Å². The number of esters is 1. The number of ether oxygens (including phenoxy) is 1. The van der Waals surface area contributed by atoms with E-state index in [0.29, 0.717) is 12.4 Å². The Hall–Kier alpha value is -1.56. The lowest BCUT2D eigenvalue weighted by molar-refractivity contribution is 0.0521. The van der Waals surface area contributed by atoms with Crippen molar-refractivity contribution in [3.63, 3.8) is 0 Å². The lowest BCUT2D eigenvalue weighted by Gasteiger charge is -2.15. The summed E-state index contributed by atoms with van der Waals surface area (Å²) in [6.45, 7) is 8.24. The molecular formula is C14H24N4O2. The average Bonchev–Trinajstić information content (AvgIpc) is 3.01. The third-order valence-electron chi connectivity index (χ3n) is 3.72. The van der Waals surface area contributed by atoms with Crippen molar-refractivity contribution in [2.24, 2.45) is 0 Å². The Morgan fingerprint density at radius 3 is 2.70 bits per heavy atom. The molecule has 2 heterocycles. The molecule has 0 radical (unpaired) electrons. The van der Waals surface area contributed by atoms with E-state index < -0.39 is 5.97 Å².